The number of imide groups is 1. The molecule has 1 aliphatic rings. The molecule has 5 heteroatoms. The van der Waals surface area contributed by atoms with Gasteiger partial charge in [-0.2, -0.15) is 0 Å². The number of carbonyl (C=O) groups excluding carboxylic acids is 2. The number of anilines is 2. The second-order valence-corrected chi connectivity index (χ2v) is 7.66. The van der Waals surface area contributed by atoms with Crippen LogP contribution in [0.5, 0.6) is 5.75 Å². The maximum atomic E-state index is 13.5. The minimum Gasteiger partial charge on any atom is -0.494 e. The average Bonchev–Trinajstić information content (AvgIpc) is 3.05. The van der Waals surface area contributed by atoms with Crippen molar-refractivity contribution >= 4 is 28.8 Å². The van der Waals surface area contributed by atoms with Crippen LogP contribution in [-0.2, 0) is 16.0 Å². The Hall–Kier alpha value is -3.86. The third-order valence-electron chi connectivity index (χ3n) is 5.46. The summed E-state index contributed by atoms with van der Waals surface area (Å²) in [5, 5.41) is 3.19. The lowest BCUT2D eigenvalue weighted by molar-refractivity contribution is -0.120. The molecule has 0 unspecified atom stereocenters. The van der Waals surface area contributed by atoms with E-state index in [4.69, 9.17) is 4.74 Å². The van der Waals surface area contributed by atoms with Crippen molar-refractivity contribution in [3.05, 3.63) is 95.2 Å². The van der Waals surface area contributed by atoms with E-state index in [2.05, 4.69) is 12.2 Å². The van der Waals surface area contributed by atoms with Crippen molar-refractivity contribution in [2.75, 3.05) is 16.8 Å². The summed E-state index contributed by atoms with van der Waals surface area (Å²) in [6.45, 7) is 6.56. The fourth-order valence-electron chi connectivity index (χ4n) is 3.69. The highest BCUT2D eigenvalue weighted by atomic mass is 16.5. The van der Waals surface area contributed by atoms with Gasteiger partial charge in [-0.1, -0.05) is 48.9 Å². The van der Waals surface area contributed by atoms with Crippen molar-refractivity contribution in [3.63, 3.8) is 0 Å². The molecule has 2 amide bonds. The number of rotatable bonds is 7. The molecule has 3 aromatic carbocycles. The molecule has 0 saturated carbocycles. The van der Waals surface area contributed by atoms with Gasteiger partial charge in [0.2, 0.25) is 0 Å². The number of amides is 2. The van der Waals surface area contributed by atoms with Crippen LogP contribution in [0.4, 0.5) is 11.4 Å². The van der Waals surface area contributed by atoms with Crippen LogP contribution < -0.4 is 15.0 Å². The van der Waals surface area contributed by atoms with Crippen LogP contribution in [0, 0.1) is 6.92 Å². The summed E-state index contributed by atoms with van der Waals surface area (Å²) >= 11 is 0. The lowest BCUT2D eigenvalue weighted by Gasteiger charge is -2.16. The van der Waals surface area contributed by atoms with Crippen molar-refractivity contribution in [2.24, 2.45) is 0 Å². The molecule has 3 aromatic rings. The molecule has 0 radical (unpaired) electrons. The molecule has 0 saturated heterocycles. The molecule has 1 heterocycles. The molecule has 1 N–H and O–H groups in total. The van der Waals surface area contributed by atoms with Gasteiger partial charge in [-0.3, -0.25) is 9.59 Å². The number of ether oxygens (including phenoxy) is 1. The zero-order valence-electron chi connectivity index (χ0n) is 18.5. The smallest absolute Gasteiger partial charge is 0.282 e. The number of nitrogens with one attached hydrogen (secondary N) is 1. The topological polar surface area (TPSA) is 58.6 Å². The first-order chi connectivity index (χ1) is 15.5. The van der Waals surface area contributed by atoms with E-state index in [1.807, 2.05) is 86.6 Å². The highest BCUT2D eigenvalue weighted by molar-refractivity contribution is 6.46. The SMILES string of the molecule is CCOc1ccc(NC2=C(c3ccc(C)cc3)C(=O)N(c3ccc(CC)cc3)C2=O)cc1. The fourth-order valence-corrected chi connectivity index (χ4v) is 3.69. The molecule has 162 valence electrons. The molecule has 32 heavy (non-hydrogen) atoms. The van der Waals surface area contributed by atoms with Crippen LogP contribution in [0.3, 0.4) is 0 Å². The summed E-state index contributed by atoms with van der Waals surface area (Å²) in [6, 6.07) is 22.5. The average molecular weight is 427 g/mol. The van der Waals surface area contributed by atoms with E-state index >= 15 is 0 Å². The predicted octanol–water partition coefficient (Wildman–Crippen LogP) is 5.35. The Balaban J connectivity index is 1.74. The zero-order chi connectivity index (χ0) is 22.7. The quantitative estimate of drug-likeness (QED) is 0.517. The first kappa shape index (κ1) is 21.4. The third-order valence-corrected chi connectivity index (χ3v) is 5.46. The maximum absolute atomic E-state index is 13.5. The Morgan fingerprint density at radius 3 is 2.06 bits per heavy atom. The van der Waals surface area contributed by atoms with Crippen molar-refractivity contribution in [2.45, 2.75) is 27.2 Å². The van der Waals surface area contributed by atoms with Crippen LogP contribution in [0.15, 0.2) is 78.5 Å². The zero-order valence-corrected chi connectivity index (χ0v) is 18.5. The van der Waals surface area contributed by atoms with Crippen molar-refractivity contribution in [1.82, 2.24) is 0 Å². The Labute approximate surface area is 188 Å². The molecule has 4 rings (SSSR count). The number of hydrogen-bond acceptors (Lipinski definition) is 4. The number of benzene rings is 3. The molecule has 0 aliphatic carbocycles. The van der Waals surface area contributed by atoms with Crippen LogP contribution in [-0.4, -0.2) is 18.4 Å². The van der Waals surface area contributed by atoms with E-state index in [0.717, 1.165) is 23.3 Å². The lowest BCUT2D eigenvalue weighted by Crippen LogP contribution is -2.32. The van der Waals surface area contributed by atoms with Crippen molar-refractivity contribution in [3.8, 4) is 5.75 Å². The number of aryl methyl sites for hydroxylation is 2. The van der Waals surface area contributed by atoms with Gasteiger partial charge in [0, 0.05) is 5.69 Å². The Morgan fingerprint density at radius 1 is 0.812 bits per heavy atom. The van der Waals surface area contributed by atoms with Crippen molar-refractivity contribution in [1.29, 1.82) is 0 Å². The molecular weight excluding hydrogens is 400 g/mol. The predicted molar refractivity (Wildman–Crippen MR) is 128 cm³/mol. The van der Waals surface area contributed by atoms with Gasteiger partial charge < -0.3 is 10.1 Å². The Morgan fingerprint density at radius 2 is 1.47 bits per heavy atom. The normalized spacial score (nSPS) is 13.7. The highest BCUT2D eigenvalue weighted by Crippen LogP contribution is 2.34. The molecule has 0 atom stereocenters. The molecule has 0 spiro atoms. The molecule has 0 fully saturated rings. The molecule has 1 aliphatic heterocycles. The third kappa shape index (κ3) is 4.14. The number of hydrogen-bond donors (Lipinski definition) is 1. The lowest BCUT2D eigenvalue weighted by atomic mass is 10.0. The van der Waals surface area contributed by atoms with Gasteiger partial charge in [-0.05, 0) is 67.8 Å². The Bertz CT molecular complexity index is 1160. The standard InChI is InChI=1S/C27H26N2O3/c1-4-19-8-14-22(15-9-19)29-26(30)24(20-10-6-18(3)7-11-20)25(27(29)31)28-21-12-16-23(17-13-21)32-5-2/h6-17,28H,4-5H2,1-3H3. The number of carbonyl (C=O) groups is 2. The molecule has 5 nitrogen and oxygen atoms in total. The minimum absolute atomic E-state index is 0.266. The summed E-state index contributed by atoms with van der Waals surface area (Å²) < 4.78 is 5.50. The van der Waals surface area contributed by atoms with Crippen LogP contribution >= 0.6 is 0 Å². The van der Waals surface area contributed by atoms with Gasteiger partial charge in [-0.25, -0.2) is 4.90 Å². The fraction of sp³-hybridized carbons (Fsp3) is 0.185. The summed E-state index contributed by atoms with van der Waals surface area (Å²) in [5.41, 5.74) is 4.83. The van der Waals surface area contributed by atoms with Gasteiger partial charge in [0.15, 0.2) is 0 Å². The maximum Gasteiger partial charge on any atom is 0.282 e. The van der Waals surface area contributed by atoms with Gasteiger partial charge in [-0.15, -0.1) is 0 Å². The van der Waals surface area contributed by atoms with Crippen LogP contribution in [0.2, 0.25) is 0 Å². The first-order valence-corrected chi connectivity index (χ1v) is 10.8. The summed E-state index contributed by atoms with van der Waals surface area (Å²) in [4.78, 5) is 28.2. The van der Waals surface area contributed by atoms with E-state index in [1.54, 1.807) is 0 Å². The van der Waals surface area contributed by atoms with E-state index in [1.165, 1.54) is 4.90 Å². The van der Waals surface area contributed by atoms with Crippen molar-refractivity contribution < 1.29 is 14.3 Å². The summed E-state index contributed by atoms with van der Waals surface area (Å²) in [5.74, 6) is 0.0394. The number of nitrogens with zero attached hydrogens (tertiary/aromatic N) is 1. The largest absolute Gasteiger partial charge is 0.494 e. The van der Waals surface area contributed by atoms with Gasteiger partial charge in [0.1, 0.15) is 11.4 Å². The van der Waals surface area contributed by atoms with Crippen LogP contribution in [0.25, 0.3) is 5.57 Å². The van der Waals surface area contributed by atoms with Crippen LogP contribution in [0.1, 0.15) is 30.5 Å². The van der Waals surface area contributed by atoms with E-state index in [0.29, 0.717) is 29.1 Å². The monoisotopic (exact) mass is 426 g/mol. The summed E-state index contributed by atoms with van der Waals surface area (Å²) in [7, 11) is 0. The molecule has 0 bridgehead atoms. The van der Waals surface area contributed by atoms with Gasteiger partial charge in [0.25, 0.3) is 11.8 Å². The molecule has 0 aromatic heterocycles. The summed E-state index contributed by atoms with van der Waals surface area (Å²) in [6.07, 6.45) is 0.888. The second-order valence-electron chi connectivity index (χ2n) is 7.66. The molecular formula is C27H26N2O3. The van der Waals surface area contributed by atoms with E-state index in [9.17, 15) is 9.59 Å². The van der Waals surface area contributed by atoms with Gasteiger partial charge in [0.05, 0.1) is 17.9 Å². The highest BCUT2D eigenvalue weighted by Gasteiger charge is 2.40. The van der Waals surface area contributed by atoms with E-state index < -0.39 is 0 Å². The first-order valence-electron chi connectivity index (χ1n) is 10.8. The Kier molecular flexibility index (Phi) is 6.08. The minimum atomic E-state index is -0.372. The van der Waals surface area contributed by atoms with Gasteiger partial charge >= 0.3 is 0 Å². The van der Waals surface area contributed by atoms with E-state index in [-0.39, 0.29) is 17.5 Å². The second kappa shape index (κ2) is 9.10.